The summed E-state index contributed by atoms with van der Waals surface area (Å²) in [5, 5.41) is 0. The first-order chi connectivity index (χ1) is 8.65. The van der Waals surface area contributed by atoms with E-state index in [9.17, 15) is 9.59 Å². The van der Waals surface area contributed by atoms with Gasteiger partial charge < -0.3 is 9.47 Å². The maximum absolute atomic E-state index is 11.9. The lowest BCUT2D eigenvalue weighted by atomic mass is 10.1. The van der Waals surface area contributed by atoms with Crippen molar-refractivity contribution in [1.29, 1.82) is 0 Å². The molecule has 0 unspecified atom stereocenters. The second-order valence-corrected chi connectivity index (χ2v) is 4.78. The van der Waals surface area contributed by atoms with Crippen molar-refractivity contribution in [3.8, 4) is 0 Å². The molecule has 1 fully saturated rings. The van der Waals surface area contributed by atoms with Gasteiger partial charge in [0.15, 0.2) is 5.78 Å². The van der Waals surface area contributed by atoms with Crippen LogP contribution in [0.4, 0.5) is 0 Å². The standard InChI is InChI=1S/C14H20N2O2/c1-3-16(4-2)13(17)10-15-8-7-12(9-15)14(18)11-5-6-11/h7-9,11H,3-6,10H2,1-2H3. The third kappa shape index (κ3) is 2.81. The van der Waals surface area contributed by atoms with Gasteiger partial charge in [-0.05, 0) is 32.8 Å². The van der Waals surface area contributed by atoms with Crippen molar-refractivity contribution in [2.75, 3.05) is 13.1 Å². The highest BCUT2D eigenvalue weighted by Crippen LogP contribution is 2.32. The normalized spacial score (nSPS) is 14.6. The third-order valence-electron chi connectivity index (χ3n) is 3.42. The van der Waals surface area contributed by atoms with Gasteiger partial charge in [0.1, 0.15) is 6.54 Å². The van der Waals surface area contributed by atoms with Crippen molar-refractivity contribution < 1.29 is 9.59 Å². The van der Waals surface area contributed by atoms with Gasteiger partial charge in [-0.15, -0.1) is 0 Å². The van der Waals surface area contributed by atoms with E-state index in [1.165, 1.54) is 0 Å². The van der Waals surface area contributed by atoms with E-state index in [1.807, 2.05) is 26.1 Å². The summed E-state index contributed by atoms with van der Waals surface area (Å²) in [6.07, 6.45) is 5.64. The van der Waals surface area contributed by atoms with E-state index in [1.54, 1.807) is 15.7 Å². The fourth-order valence-corrected chi connectivity index (χ4v) is 2.10. The average Bonchev–Trinajstić information content (AvgIpc) is 3.11. The molecular weight excluding hydrogens is 228 g/mol. The molecule has 0 radical (unpaired) electrons. The minimum absolute atomic E-state index is 0.0982. The summed E-state index contributed by atoms with van der Waals surface area (Å²) < 4.78 is 1.80. The first kappa shape index (κ1) is 12.9. The molecule has 98 valence electrons. The zero-order valence-electron chi connectivity index (χ0n) is 11.1. The van der Waals surface area contributed by atoms with Gasteiger partial charge in [-0.3, -0.25) is 9.59 Å². The predicted octanol–water partition coefficient (Wildman–Crippen LogP) is 1.95. The molecule has 1 aromatic heterocycles. The van der Waals surface area contributed by atoms with E-state index in [-0.39, 0.29) is 17.6 Å². The third-order valence-corrected chi connectivity index (χ3v) is 3.42. The number of ketones is 1. The molecule has 0 N–H and O–H groups in total. The Bertz CT molecular complexity index is 442. The summed E-state index contributed by atoms with van der Waals surface area (Å²) in [6, 6.07) is 1.82. The molecule has 1 heterocycles. The molecule has 0 spiro atoms. The number of carbonyl (C=O) groups is 2. The molecule has 1 amide bonds. The number of nitrogens with zero attached hydrogens (tertiary/aromatic N) is 2. The first-order valence-corrected chi connectivity index (χ1v) is 6.63. The second-order valence-electron chi connectivity index (χ2n) is 4.78. The molecule has 4 nitrogen and oxygen atoms in total. The topological polar surface area (TPSA) is 42.3 Å². The molecule has 1 aliphatic carbocycles. The van der Waals surface area contributed by atoms with Crippen molar-refractivity contribution in [2.24, 2.45) is 5.92 Å². The predicted molar refractivity (Wildman–Crippen MR) is 69.4 cm³/mol. The van der Waals surface area contributed by atoms with Crippen LogP contribution in [0.3, 0.4) is 0 Å². The minimum atomic E-state index is 0.0982. The molecule has 18 heavy (non-hydrogen) atoms. The van der Waals surface area contributed by atoms with Crippen LogP contribution in [0, 0.1) is 5.92 Å². The molecule has 1 aromatic rings. The summed E-state index contributed by atoms with van der Waals surface area (Å²) in [4.78, 5) is 25.6. The Kier molecular flexibility index (Phi) is 3.84. The van der Waals surface area contributed by atoms with Gasteiger partial charge in [-0.25, -0.2) is 0 Å². The van der Waals surface area contributed by atoms with Crippen LogP contribution in [0.2, 0.25) is 0 Å². The van der Waals surface area contributed by atoms with E-state index in [0.717, 1.165) is 31.5 Å². The Morgan fingerprint density at radius 2 is 2.00 bits per heavy atom. The fourth-order valence-electron chi connectivity index (χ4n) is 2.10. The molecule has 0 saturated heterocycles. The summed E-state index contributed by atoms with van der Waals surface area (Å²) >= 11 is 0. The lowest BCUT2D eigenvalue weighted by Gasteiger charge is -2.18. The molecule has 0 aromatic carbocycles. The number of carbonyl (C=O) groups excluding carboxylic acids is 2. The molecule has 0 bridgehead atoms. The number of hydrogen-bond acceptors (Lipinski definition) is 2. The zero-order chi connectivity index (χ0) is 13.1. The molecule has 0 aliphatic heterocycles. The van der Waals surface area contributed by atoms with Crippen molar-refractivity contribution in [1.82, 2.24) is 9.47 Å². The summed E-state index contributed by atoms with van der Waals surface area (Å²) in [5.41, 5.74) is 0.741. The highest BCUT2D eigenvalue weighted by atomic mass is 16.2. The van der Waals surface area contributed by atoms with Gasteiger partial charge in [0.05, 0.1) is 0 Å². The first-order valence-electron chi connectivity index (χ1n) is 6.63. The van der Waals surface area contributed by atoms with Crippen molar-refractivity contribution in [3.05, 3.63) is 24.0 Å². The molecular formula is C14H20N2O2. The van der Waals surface area contributed by atoms with Crippen LogP contribution < -0.4 is 0 Å². The Morgan fingerprint density at radius 1 is 1.33 bits per heavy atom. The Balaban J connectivity index is 1.97. The molecule has 1 aliphatic rings. The number of hydrogen-bond donors (Lipinski definition) is 0. The van der Waals surface area contributed by atoms with Crippen LogP contribution in [-0.2, 0) is 11.3 Å². The highest BCUT2D eigenvalue weighted by molar-refractivity contribution is 5.99. The van der Waals surface area contributed by atoms with Crippen LogP contribution in [0.1, 0.15) is 37.0 Å². The maximum Gasteiger partial charge on any atom is 0.242 e. The van der Waals surface area contributed by atoms with Gasteiger partial charge >= 0.3 is 0 Å². The van der Waals surface area contributed by atoms with Gasteiger partial charge in [0.25, 0.3) is 0 Å². The van der Waals surface area contributed by atoms with Gasteiger partial charge in [0.2, 0.25) is 5.91 Å². The molecule has 4 heteroatoms. The molecule has 2 rings (SSSR count). The van der Waals surface area contributed by atoms with Crippen LogP contribution >= 0.6 is 0 Å². The van der Waals surface area contributed by atoms with E-state index in [4.69, 9.17) is 0 Å². The summed E-state index contributed by atoms with van der Waals surface area (Å²) in [7, 11) is 0. The van der Waals surface area contributed by atoms with E-state index in [0.29, 0.717) is 6.54 Å². The largest absolute Gasteiger partial charge is 0.344 e. The zero-order valence-corrected chi connectivity index (χ0v) is 11.1. The Labute approximate surface area is 108 Å². The smallest absolute Gasteiger partial charge is 0.242 e. The SMILES string of the molecule is CCN(CC)C(=O)Cn1ccc(C(=O)C2CC2)c1. The molecule has 0 atom stereocenters. The quantitative estimate of drug-likeness (QED) is 0.722. The fraction of sp³-hybridized carbons (Fsp3) is 0.571. The van der Waals surface area contributed by atoms with Crippen molar-refractivity contribution in [2.45, 2.75) is 33.2 Å². The van der Waals surface area contributed by atoms with Crippen molar-refractivity contribution in [3.63, 3.8) is 0 Å². The number of aromatic nitrogens is 1. The number of likely N-dealkylation sites (N-methyl/N-ethyl adjacent to an activating group) is 1. The van der Waals surface area contributed by atoms with E-state index in [2.05, 4.69) is 0 Å². The van der Waals surface area contributed by atoms with Crippen LogP contribution in [0.5, 0.6) is 0 Å². The number of Topliss-reactive ketones (excluding diaryl/α,β-unsaturated/α-hetero) is 1. The minimum Gasteiger partial charge on any atom is -0.344 e. The van der Waals surface area contributed by atoms with Crippen LogP contribution in [-0.4, -0.2) is 34.2 Å². The summed E-state index contributed by atoms with van der Waals surface area (Å²) in [6.45, 7) is 5.72. The van der Waals surface area contributed by atoms with E-state index < -0.39 is 0 Å². The monoisotopic (exact) mass is 248 g/mol. The molecule has 1 saturated carbocycles. The van der Waals surface area contributed by atoms with E-state index >= 15 is 0 Å². The van der Waals surface area contributed by atoms with Gasteiger partial charge in [0, 0.05) is 37.0 Å². The van der Waals surface area contributed by atoms with Crippen molar-refractivity contribution >= 4 is 11.7 Å². The van der Waals surface area contributed by atoms with Crippen LogP contribution in [0.15, 0.2) is 18.5 Å². The summed E-state index contributed by atoms with van der Waals surface area (Å²) in [5.74, 6) is 0.560. The van der Waals surface area contributed by atoms with Crippen LogP contribution in [0.25, 0.3) is 0 Å². The Hall–Kier alpha value is -1.58. The lowest BCUT2D eigenvalue weighted by Crippen LogP contribution is -2.33. The highest BCUT2D eigenvalue weighted by Gasteiger charge is 2.30. The number of amides is 1. The number of rotatable bonds is 6. The van der Waals surface area contributed by atoms with Gasteiger partial charge in [-0.2, -0.15) is 0 Å². The Morgan fingerprint density at radius 3 is 2.56 bits per heavy atom. The van der Waals surface area contributed by atoms with Gasteiger partial charge in [-0.1, -0.05) is 0 Å². The lowest BCUT2D eigenvalue weighted by molar-refractivity contribution is -0.131. The second kappa shape index (κ2) is 5.38. The average molecular weight is 248 g/mol. The maximum atomic E-state index is 11.9.